The molecule has 0 aliphatic carbocycles. The van der Waals surface area contributed by atoms with Crippen molar-refractivity contribution in [2.75, 3.05) is 6.54 Å². The number of hydrogen-bond acceptors (Lipinski definition) is 4. The highest BCUT2D eigenvalue weighted by molar-refractivity contribution is 5.82. The Morgan fingerprint density at radius 1 is 1.30 bits per heavy atom. The number of rotatable bonds is 6. The first-order chi connectivity index (χ1) is 10.9. The minimum atomic E-state index is -0.990. The number of carboxylic acid groups (broad SMARTS) is 1. The van der Waals surface area contributed by atoms with Crippen LogP contribution in [0.15, 0.2) is 35.4 Å². The van der Waals surface area contributed by atoms with Crippen molar-refractivity contribution in [2.24, 2.45) is 5.92 Å². The van der Waals surface area contributed by atoms with E-state index < -0.39 is 12.0 Å². The van der Waals surface area contributed by atoms with Crippen LogP contribution in [-0.2, 0) is 9.59 Å². The molecule has 0 saturated carbocycles. The van der Waals surface area contributed by atoms with Gasteiger partial charge in [0.2, 0.25) is 5.91 Å². The third kappa shape index (κ3) is 3.74. The van der Waals surface area contributed by atoms with Crippen molar-refractivity contribution in [3.05, 3.63) is 40.9 Å². The van der Waals surface area contributed by atoms with Gasteiger partial charge in [-0.25, -0.2) is 4.98 Å². The van der Waals surface area contributed by atoms with Gasteiger partial charge in [-0.15, -0.1) is 0 Å². The van der Waals surface area contributed by atoms with Crippen LogP contribution in [0.2, 0.25) is 0 Å². The van der Waals surface area contributed by atoms with Crippen molar-refractivity contribution in [1.29, 1.82) is 0 Å². The van der Waals surface area contributed by atoms with Crippen molar-refractivity contribution in [3.8, 4) is 0 Å². The largest absolute Gasteiger partial charge is 0.481 e. The molecule has 1 heterocycles. The summed E-state index contributed by atoms with van der Waals surface area (Å²) in [7, 11) is 0. The number of carbonyl (C=O) groups excluding carboxylic acids is 1. The fourth-order valence-corrected chi connectivity index (χ4v) is 2.43. The number of hydrogen-bond donors (Lipinski definition) is 2. The van der Waals surface area contributed by atoms with Gasteiger partial charge < -0.3 is 10.4 Å². The molecule has 0 aliphatic heterocycles. The molecule has 2 rings (SSSR count). The number of benzene rings is 1. The summed E-state index contributed by atoms with van der Waals surface area (Å²) in [5.74, 6) is -1.53. The predicted octanol–water partition coefficient (Wildman–Crippen LogP) is 1.18. The number of aliphatic carboxylic acids is 1. The van der Waals surface area contributed by atoms with Crippen molar-refractivity contribution in [1.82, 2.24) is 14.9 Å². The normalized spacial score (nSPS) is 12.3. The molecule has 0 bridgehead atoms. The van der Waals surface area contributed by atoms with Crippen LogP contribution in [0.25, 0.3) is 10.9 Å². The maximum absolute atomic E-state index is 12.6. The second-order valence-electron chi connectivity index (χ2n) is 5.60. The van der Waals surface area contributed by atoms with Crippen LogP contribution >= 0.6 is 0 Å². The van der Waals surface area contributed by atoms with Crippen LogP contribution in [0.5, 0.6) is 0 Å². The Balaban J connectivity index is 2.34. The van der Waals surface area contributed by atoms with Gasteiger partial charge in [-0.3, -0.25) is 19.0 Å². The van der Waals surface area contributed by atoms with Gasteiger partial charge in [-0.1, -0.05) is 26.0 Å². The number of nitrogens with one attached hydrogen (secondary N) is 1. The van der Waals surface area contributed by atoms with Crippen LogP contribution in [0.4, 0.5) is 0 Å². The molecule has 0 fully saturated rings. The second kappa shape index (κ2) is 7.04. The SMILES string of the molecule is CC(C)C(C(=O)NCCC(=O)O)n1cnc2ccccc2c1=O. The first kappa shape index (κ1) is 16.7. The summed E-state index contributed by atoms with van der Waals surface area (Å²) in [5.41, 5.74) is 0.283. The van der Waals surface area contributed by atoms with Gasteiger partial charge in [0.1, 0.15) is 6.04 Å². The van der Waals surface area contributed by atoms with Crippen LogP contribution in [-0.4, -0.2) is 33.1 Å². The predicted molar refractivity (Wildman–Crippen MR) is 85.1 cm³/mol. The first-order valence-corrected chi connectivity index (χ1v) is 7.37. The number of carboxylic acids is 1. The van der Waals surface area contributed by atoms with E-state index in [2.05, 4.69) is 10.3 Å². The number of aromatic nitrogens is 2. The molecular formula is C16H19N3O4. The Bertz CT molecular complexity index is 782. The second-order valence-corrected chi connectivity index (χ2v) is 5.60. The summed E-state index contributed by atoms with van der Waals surface area (Å²) in [5, 5.41) is 11.6. The quantitative estimate of drug-likeness (QED) is 0.833. The van der Waals surface area contributed by atoms with E-state index in [1.165, 1.54) is 10.9 Å². The fourth-order valence-electron chi connectivity index (χ4n) is 2.43. The average molecular weight is 317 g/mol. The molecule has 1 amide bonds. The third-order valence-electron chi connectivity index (χ3n) is 3.53. The number of amides is 1. The topological polar surface area (TPSA) is 101 Å². The van der Waals surface area contributed by atoms with Crippen LogP contribution < -0.4 is 10.9 Å². The van der Waals surface area contributed by atoms with E-state index in [9.17, 15) is 14.4 Å². The van der Waals surface area contributed by atoms with Crippen LogP contribution in [0.1, 0.15) is 26.3 Å². The number of para-hydroxylation sites is 1. The molecule has 122 valence electrons. The Labute approximate surface area is 133 Å². The summed E-state index contributed by atoms with van der Waals surface area (Å²) in [4.78, 5) is 39.7. The maximum Gasteiger partial charge on any atom is 0.305 e. The lowest BCUT2D eigenvalue weighted by atomic mass is 10.0. The molecule has 7 heteroatoms. The standard InChI is InChI=1S/C16H19N3O4/c1-10(2)14(15(22)17-8-7-13(20)21)19-9-18-12-6-4-3-5-11(12)16(19)23/h3-6,9-10,14H,7-8H2,1-2H3,(H,17,22)(H,20,21). The van der Waals surface area contributed by atoms with E-state index in [0.717, 1.165) is 0 Å². The lowest BCUT2D eigenvalue weighted by Gasteiger charge is -2.22. The zero-order valence-corrected chi connectivity index (χ0v) is 13.0. The average Bonchev–Trinajstić information content (AvgIpc) is 2.49. The molecule has 2 aromatic rings. The van der Waals surface area contributed by atoms with Crippen LogP contribution in [0.3, 0.4) is 0 Å². The van der Waals surface area contributed by atoms with Crippen molar-refractivity contribution in [2.45, 2.75) is 26.3 Å². The molecule has 1 unspecified atom stereocenters. The van der Waals surface area contributed by atoms with E-state index >= 15 is 0 Å². The number of carbonyl (C=O) groups is 2. The molecule has 2 N–H and O–H groups in total. The van der Waals surface area contributed by atoms with Crippen molar-refractivity contribution >= 4 is 22.8 Å². The van der Waals surface area contributed by atoms with Gasteiger partial charge in [0.25, 0.3) is 5.56 Å². The van der Waals surface area contributed by atoms with Crippen molar-refractivity contribution < 1.29 is 14.7 Å². The lowest BCUT2D eigenvalue weighted by Crippen LogP contribution is -2.40. The molecule has 1 aromatic carbocycles. The summed E-state index contributed by atoms with van der Waals surface area (Å²) in [6.45, 7) is 3.67. The molecule has 1 aromatic heterocycles. The van der Waals surface area contributed by atoms with Gasteiger partial charge in [0.05, 0.1) is 23.7 Å². The zero-order valence-electron chi connectivity index (χ0n) is 13.0. The summed E-state index contributed by atoms with van der Waals surface area (Å²) in [6, 6.07) is 6.19. The molecule has 0 radical (unpaired) electrons. The molecule has 0 saturated heterocycles. The number of nitrogens with zero attached hydrogens (tertiary/aromatic N) is 2. The highest BCUT2D eigenvalue weighted by atomic mass is 16.4. The van der Waals surface area contributed by atoms with Gasteiger partial charge in [0.15, 0.2) is 0 Å². The van der Waals surface area contributed by atoms with Gasteiger partial charge in [-0.05, 0) is 18.1 Å². The Hall–Kier alpha value is -2.70. The van der Waals surface area contributed by atoms with Crippen LogP contribution in [0, 0.1) is 5.92 Å². The summed E-state index contributed by atoms with van der Waals surface area (Å²) >= 11 is 0. The highest BCUT2D eigenvalue weighted by Crippen LogP contribution is 2.17. The van der Waals surface area contributed by atoms with E-state index in [4.69, 9.17) is 5.11 Å². The highest BCUT2D eigenvalue weighted by Gasteiger charge is 2.25. The molecule has 0 aliphatic rings. The molecule has 0 spiro atoms. The van der Waals surface area contributed by atoms with Gasteiger partial charge in [-0.2, -0.15) is 0 Å². The Morgan fingerprint density at radius 3 is 2.65 bits per heavy atom. The molecule has 7 nitrogen and oxygen atoms in total. The van der Waals surface area contributed by atoms with Crippen molar-refractivity contribution in [3.63, 3.8) is 0 Å². The molecular weight excluding hydrogens is 298 g/mol. The number of fused-ring (bicyclic) bond motifs is 1. The van der Waals surface area contributed by atoms with Gasteiger partial charge >= 0.3 is 5.97 Å². The van der Waals surface area contributed by atoms with E-state index in [1.807, 2.05) is 13.8 Å². The minimum Gasteiger partial charge on any atom is -0.481 e. The maximum atomic E-state index is 12.6. The Kier molecular flexibility index (Phi) is 5.10. The molecule has 1 atom stereocenters. The first-order valence-electron chi connectivity index (χ1n) is 7.37. The lowest BCUT2D eigenvalue weighted by molar-refractivity contribution is -0.137. The smallest absolute Gasteiger partial charge is 0.305 e. The van der Waals surface area contributed by atoms with Gasteiger partial charge in [0, 0.05) is 6.54 Å². The van der Waals surface area contributed by atoms with E-state index in [-0.39, 0.29) is 30.3 Å². The minimum absolute atomic E-state index is 0.0210. The molecule has 23 heavy (non-hydrogen) atoms. The summed E-state index contributed by atoms with van der Waals surface area (Å²) in [6.07, 6.45) is 1.20. The fraction of sp³-hybridized carbons (Fsp3) is 0.375. The zero-order chi connectivity index (χ0) is 17.0. The summed E-state index contributed by atoms with van der Waals surface area (Å²) < 4.78 is 1.31. The monoisotopic (exact) mass is 317 g/mol. The Morgan fingerprint density at radius 2 is 2.00 bits per heavy atom. The van der Waals surface area contributed by atoms with E-state index in [0.29, 0.717) is 10.9 Å². The third-order valence-corrected chi connectivity index (χ3v) is 3.53. The van der Waals surface area contributed by atoms with E-state index in [1.54, 1.807) is 24.3 Å².